The minimum absolute atomic E-state index is 0.162. The van der Waals surface area contributed by atoms with Gasteiger partial charge in [0.25, 0.3) is 11.8 Å². The van der Waals surface area contributed by atoms with E-state index in [2.05, 4.69) is 25.5 Å². The molecule has 3 aromatic rings. The smallest absolute Gasteiger partial charge is 0.258 e. The van der Waals surface area contributed by atoms with Crippen molar-refractivity contribution < 1.29 is 9.59 Å². The van der Waals surface area contributed by atoms with E-state index in [1.165, 1.54) is 6.42 Å². The standard InChI is InChI=1S/C23H23N5O2.C2H6/c29-21(17-10-4-1-5-11-17)24-19-16-20(28-14-8-3-9-15-28)26-23(25-19)27-22(30)18-12-6-2-7-13-18;1-2/h1-2,4-7,10-13,16H,3,8-9,14-15H2,(H2,24,25,26,27,29,30);1-2H3. The number of carbonyl (C=O) groups is 2. The molecule has 0 atom stereocenters. The zero-order valence-electron chi connectivity index (χ0n) is 18.5. The van der Waals surface area contributed by atoms with Gasteiger partial charge in [0, 0.05) is 30.3 Å². The van der Waals surface area contributed by atoms with Gasteiger partial charge in [-0.3, -0.25) is 14.9 Å². The molecular weight excluding hydrogens is 402 g/mol. The molecule has 2 N–H and O–H groups in total. The summed E-state index contributed by atoms with van der Waals surface area (Å²) in [7, 11) is 0. The Labute approximate surface area is 188 Å². The molecule has 1 saturated heterocycles. The van der Waals surface area contributed by atoms with E-state index in [1.807, 2.05) is 26.0 Å². The summed E-state index contributed by atoms with van der Waals surface area (Å²) in [6.07, 6.45) is 3.36. The molecule has 1 aliphatic heterocycles. The molecule has 1 aromatic heterocycles. The van der Waals surface area contributed by atoms with Crippen molar-refractivity contribution in [3.8, 4) is 0 Å². The monoisotopic (exact) mass is 431 g/mol. The maximum absolute atomic E-state index is 12.6. The number of hydrogen-bond donors (Lipinski definition) is 2. The van der Waals surface area contributed by atoms with Crippen molar-refractivity contribution in [1.82, 2.24) is 9.97 Å². The van der Waals surface area contributed by atoms with Crippen LogP contribution in [0.1, 0.15) is 53.8 Å². The number of nitrogens with one attached hydrogen (secondary N) is 2. The lowest BCUT2D eigenvalue weighted by atomic mass is 10.1. The number of rotatable bonds is 5. The van der Waals surface area contributed by atoms with E-state index in [9.17, 15) is 9.59 Å². The molecule has 0 saturated carbocycles. The molecule has 0 unspecified atom stereocenters. The highest BCUT2D eigenvalue weighted by Crippen LogP contribution is 2.22. The van der Waals surface area contributed by atoms with Gasteiger partial charge in [0.05, 0.1) is 0 Å². The summed E-state index contributed by atoms with van der Waals surface area (Å²) in [5.41, 5.74) is 1.05. The predicted octanol–water partition coefficient (Wildman–Crippen LogP) is 5.00. The summed E-state index contributed by atoms with van der Waals surface area (Å²) >= 11 is 0. The molecule has 2 amide bonds. The largest absolute Gasteiger partial charge is 0.356 e. The topological polar surface area (TPSA) is 87.2 Å². The van der Waals surface area contributed by atoms with Crippen molar-refractivity contribution in [3.05, 3.63) is 77.9 Å². The molecular formula is C25H29N5O2. The molecule has 7 nitrogen and oxygen atoms in total. The second kappa shape index (κ2) is 11.6. The Morgan fingerprint density at radius 2 is 1.28 bits per heavy atom. The van der Waals surface area contributed by atoms with Crippen molar-refractivity contribution >= 4 is 29.4 Å². The molecule has 0 bridgehead atoms. The predicted molar refractivity (Wildman–Crippen MR) is 128 cm³/mol. The first-order chi connectivity index (χ1) is 15.7. The van der Waals surface area contributed by atoms with E-state index in [0.29, 0.717) is 22.8 Å². The van der Waals surface area contributed by atoms with Crippen LogP contribution in [-0.4, -0.2) is 34.9 Å². The van der Waals surface area contributed by atoms with Crippen molar-refractivity contribution in [2.24, 2.45) is 0 Å². The first-order valence-electron chi connectivity index (χ1n) is 11.1. The average Bonchev–Trinajstić information content (AvgIpc) is 2.86. The van der Waals surface area contributed by atoms with Gasteiger partial charge in [-0.1, -0.05) is 50.2 Å². The van der Waals surface area contributed by atoms with Gasteiger partial charge in [0.1, 0.15) is 11.6 Å². The quantitative estimate of drug-likeness (QED) is 0.594. The molecule has 7 heteroatoms. The third-order valence-electron chi connectivity index (χ3n) is 4.93. The van der Waals surface area contributed by atoms with E-state index in [-0.39, 0.29) is 17.8 Å². The summed E-state index contributed by atoms with van der Waals surface area (Å²) < 4.78 is 0. The summed E-state index contributed by atoms with van der Waals surface area (Å²) in [4.78, 5) is 36.2. The number of nitrogens with zero attached hydrogens (tertiary/aromatic N) is 3. The van der Waals surface area contributed by atoms with E-state index in [0.717, 1.165) is 25.9 Å². The molecule has 1 fully saturated rings. The van der Waals surface area contributed by atoms with Gasteiger partial charge in [-0.25, -0.2) is 0 Å². The number of carbonyl (C=O) groups excluding carboxylic acids is 2. The maximum Gasteiger partial charge on any atom is 0.258 e. The van der Waals surface area contributed by atoms with Gasteiger partial charge >= 0.3 is 0 Å². The van der Waals surface area contributed by atoms with Gasteiger partial charge in [0.2, 0.25) is 5.95 Å². The van der Waals surface area contributed by atoms with Crippen LogP contribution in [0.4, 0.5) is 17.6 Å². The summed E-state index contributed by atoms with van der Waals surface area (Å²) in [6.45, 7) is 5.77. The van der Waals surface area contributed by atoms with Gasteiger partial charge in [-0.15, -0.1) is 0 Å². The molecule has 1 aliphatic rings. The molecule has 0 radical (unpaired) electrons. The number of anilines is 3. The first-order valence-corrected chi connectivity index (χ1v) is 11.1. The van der Waals surface area contributed by atoms with Crippen LogP contribution in [-0.2, 0) is 0 Å². The number of piperidine rings is 1. The summed E-state index contributed by atoms with van der Waals surface area (Å²) in [5.74, 6) is 0.639. The lowest BCUT2D eigenvalue weighted by Gasteiger charge is -2.28. The third kappa shape index (κ3) is 6.14. The van der Waals surface area contributed by atoms with Gasteiger partial charge in [-0.2, -0.15) is 9.97 Å². The van der Waals surface area contributed by atoms with Gasteiger partial charge in [-0.05, 0) is 43.5 Å². The summed E-state index contributed by atoms with van der Waals surface area (Å²) in [5, 5.41) is 5.58. The van der Waals surface area contributed by atoms with Crippen molar-refractivity contribution in [2.45, 2.75) is 33.1 Å². The van der Waals surface area contributed by atoms with Crippen LogP contribution in [0.15, 0.2) is 66.7 Å². The molecule has 0 spiro atoms. The highest BCUT2D eigenvalue weighted by molar-refractivity contribution is 6.05. The number of hydrogen-bond acceptors (Lipinski definition) is 5. The first kappa shape index (κ1) is 22.9. The number of amides is 2. The van der Waals surface area contributed by atoms with Crippen LogP contribution < -0.4 is 15.5 Å². The second-order valence-corrected chi connectivity index (χ2v) is 7.12. The third-order valence-corrected chi connectivity index (χ3v) is 4.93. The van der Waals surface area contributed by atoms with Crippen molar-refractivity contribution in [2.75, 3.05) is 28.6 Å². The van der Waals surface area contributed by atoms with Crippen LogP contribution in [0.3, 0.4) is 0 Å². The summed E-state index contributed by atoms with van der Waals surface area (Å²) in [6, 6.07) is 19.6. The van der Waals surface area contributed by atoms with Gasteiger partial charge in [0.15, 0.2) is 0 Å². The highest BCUT2D eigenvalue weighted by Gasteiger charge is 2.17. The lowest BCUT2D eigenvalue weighted by molar-refractivity contribution is 0.101. The lowest BCUT2D eigenvalue weighted by Crippen LogP contribution is -2.31. The van der Waals surface area contributed by atoms with E-state index >= 15 is 0 Å². The zero-order valence-corrected chi connectivity index (χ0v) is 18.5. The Balaban J connectivity index is 0.00000141. The van der Waals surface area contributed by atoms with Crippen LogP contribution in [0, 0.1) is 0 Å². The Morgan fingerprint density at radius 1 is 0.750 bits per heavy atom. The SMILES string of the molecule is CC.O=C(Nc1cc(N2CCCCC2)nc(NC(=O)c2ccccc2)n1)c1ccccc1. The second-order valence-electron chi connectivity index (χ2n) is 7.12. The van der Waals surface area contributed by atoms with Crippen LogP contribution >= 0.6 is 0 Å². The zero-order chi connectivity index (χ0) is 22.8. The van der Waals surface area contributed by atoms with Crippen molar-refractivity contribution in [3.63, 3.8) is 0 Å². The van der Waals surface area contributed by atoms with Crippen molar-refractivity contribution in [1.29, 1.82) is 0 Å². The van der Waals surface area contributed by atoms with Crippen LogP contribution in [0.2, 0.25) is 0 Å². The fraction of sp³-hybridized carbons (Fsp3) is 0.280. The fourth-order valence-corrected chi connectivity index (χ4v) is 3.38. The van der Waals surface area contributed by atoms with Crippen LogP contribution in [0.25, 0.3) is 0 Å². The maximum atomic E-state index is 12.6. The Morgan fingerprint density at radius 3 is 1.84 bits per heavy atom. The number of aromatic nitrogens is 2. The molecule has 32 heavy (non-hydrogen) atoms. The fourth-order valence-electron chi connectivity index (χ4n) is 3.38. The minimum atomic E-state index is -0.299. The molecule has 2 heterocycles. The highest BCUT2D eigenvalue weighted by atomic mass is 16.2. The van der Waals surface area contributed by atoms with E-state index < -0.39 is 0 Å². The normalized spacial score (nSPS) is 12.9. The number of benzene rings is 2. The average molecular weight is 432 g/mol. The minimum Gasteiger partial charge on any atom is -0.356 e. The van der Waals surface area contributed by atoms with E-state index in [4.69, 9.17) is 0 Å². The molecule has 166 valence electrons. The Kier molecular flexibility index (Phi) is 8.31. The van der Waals surface area contributed by atoms with Crippen LogP contribution in [0.5, 0.6) is 0 Å². The van der Waals surface area contributed by atoms with Gasteiger partial charge < -0.3 is 10.2 Å². The molecule has 2 aromatic carbocycles. The molecule has 0 aliphatic carbocycles. The molecule has 4 rings (SSSR count). The Bertz CT molecular complexity index is 947. The Hall–Kier alpha value is -3.74. The van der Waals surface area contributed by atoms with E-state index in [1.54, 1.807) is 54.6 Å².